The average Bonchev–Trinajstić information content (AvgIpc) is 3.24. The number of amides is 3. The molecule has 1 unspecified atom stereocenters. The summed E-state index contributed by atoms with van der Waals surface area (Å²) in [5, 5.41) is 22.3. The Balaban J connectivity index is 1.62. The molecule has 2 aromatic rings. The van der Waals surface area contributed by atoms with Gasteiger partial charge in [-0.05, 0) is 24.3 Å². The van der Waals surface area contributed by atoms with E-state index >= 15 is 0 Å². The number of aliphatic hydroxyl groups is 1. The Morgan fingerprint density at radius 1 is 1.19 bits per heavy atom. The van der Waals surface area contributed by atoms with Gasteiger partial charge in [0.1, 0.15) is 35.7 Å². The summed E-state index contributed by atoms with van der Waals surface area (Å²) in [6, 6.07) is 5.75. The number of nitriles is 1. The van der Waals surface area contributed by atoms with Gasteiger partial charge in [0.05, 0.1) is 17.7 Å². The highest BCUT2D eigenvalue weighted by Crippen LogP contribution is 2.40. The predicted molar refractivity (Wildman–Crippen MR) is 146 cm³/mol. The fourth-order valence-corrected chi connectivity index (χ4v) is 5.67. The maximum Gasteiger partial charge on any atom is 0.257 e. The lowest BCUT2D eigenvalue weighted by Gasteiger charge is -2.39. The minimum absolute atomic E-state index is 0.00433. The van der Waals surface area contributed by atoms with Crippen LogP contribution < -0.4 is 10.2 Å². The Hall–Kier alpha value is -4.28. The smallest absolute Gasteiger partial charge is 0.257 e. The number of aliphatic hydroxyl groups excluding tert-OH is 1. The van der Waals surface area contributed by atoms with Crippen LogP contribution in [0.3, 0.4) is 0 Å². The third-order valence-corrected chi connectivity index (χ3v) is 7.80. The van der Waals surface area contributed by atoms with Crippen LogP contribution in [0.4, 0.5) is 23.2 Å². The van der Waals surface area contributed by atoms with E-state index < -0.39 is 90.4 Å². The van der Waals surface area contributed by atoms with Crippen LogP contribution in [0.5, 0.6) is 0 Å². The molecule has 2 aromatic carbocycles. The van der Waals surface area contributed by atoms with Gasteiger partial charge in [0.2, 0.25) is 5.91 Å². The van der Waals surface area contributed by atoms with Gasteiger partial charge >= 0.3 is 0 Å². The van der Waals surface area contributed by atoms with Crippen LogP contribution in [0.15, 0.2) is 59.7 Å². The fraction of sp³-hybridized carbons (Fsp3) is 0.345. The molecule has 0 spiro atoms. The van der Waals surface area contributed by atoms with Crippen molar-refractivity contribution in [1.29, 1.82) is 5.26 Å². The molecule has 1 saturated heterocycles. The SMILES string of the molecule is N#CC1C=CN=C(N2C(=O)[C@H](O)C[C@H]2C(=O)N(c2cc(F)cc(F)c2)[C@@H](C(=O)NC2CC(F)(F)C2)c2ccccc2Cl)C1. The summed E-state index contributed by atoms with van der Waals surface area (Å²) in [4.78, 5) is 47.1. The first-order valence-corrected chi connectivity index (χ1v) is 13.6. The summed E-state index contributed by atoms with van der Waals surface area (Å²) in [5.74, 6) is -8.78. The number of carbonyl (C=O) groups is 3. The van der Waals surface area contributed by atoms with E-state index in [1.54, 1.807) is 0 Å². The summed E-state index contributed by atoms with van der Waals surface area (Å²) in [7, 11) is 0. The van der Waals surface area contributed by atoms with Crippen LogP contribution in [0.1, 0.15) is 37.3 Å². The number of rotatable bonds is 6. The molecular formula is C29H24ClF4N5O4. The number of likely N-dealkylation sites (tertiary alicyclic amines) is 1. The Morgan fingerprint density at radius 3 is 2.49 bits per heavy atom. The van der Waals surface area contributed by atoms with Crippen molar-refractivity contribution in [3.63, 3.8) is 0 Å². The summed E-state index contributed by atoms with van der Waals surface area (Å²) in [6.45, 7) is 0. The second kappa shape index (κ2) is 11.8. The van der Waals surface area contributed by atoms with Gasteiger partial charge in [0.25, 0.3) is 17.7 Å². The molecular weight excluding hydrogens is 594 g/mol. The molecule has 2 fully saturated rings. The summed E-state index contributed by atoms with van der Waals surface area (Å²) in [5.41, 5.74) is -0.430. The first-order chi connectivity index (χ1) is 20.4. The highest BCUT2D eigenvalue weighted by Gasteiger charge is 2.50. The lowest BCUT2D eigenvalue weighted by Crippen LogP contribution is -2.56. The highest BCUT2D eigenvalue weighted by atomic mass is 35.5. The molecule has 2 heterocycles. The molecule has 14 heteroatoms. The van der Waals surface area contributed by atoms with Gasteiger partial charge in [-0.1, -0.05) is 29.8 Å². The zero-order chi connectivity index (χ0) is 31.1. The second-order valence-corrected chi connectivity index (χ2v) is 10.9. The van der Waals surface area contributed by atoms with Gasteiger partial charge in [0, 0.05) is 54.6 Å². The minimum atomic E-state index is -2.99. The zero-order valence-corrected chi connectivity index (χ0v) is 23.0. The van der Waals surface area contributed by atoms with Gasteiger partial charge in [0.15, 0.2) is 0 Å². The van der Waals surface area contributed by atoms with Crippen molar-refractivity contribution in [2.24, 2.45) is 10.9 Å². The molecule has 1 saturated carbocycles. The predicted octanol–water partition coefficient (Wildman–Crippen LogP) is 4.02. The normalized spacial score (nSPS) is 23.7. The molecule has 0 aromatic heterocycles. The number of allylic oxidation sites excluding steroid dienone is 1. The van der Waals surface area contributed by atoms with Crippen molar-refractivity contribution in [2.75, 3.05) is 4.90 Å². The first kappa shape index (κ1) is 30.2. The number of benzene rings is 2. The fourth-order valence-electron chi connectivity index (χ4n) is 5.43. The third-order valence-electron chi connectivity index (χ3n) is 7.46. The highest BCUT2D eigenvalue weighted by molar-refractivity contribution is 6.31. The molecule has 5 rings (SSSR count). The topological polar surface area (TPSA) is 126 Å². The van der Waals surface area contributed by atoms with Crippen molar-refractivity contribution in [3.8, 4) is 6.07 Å². The molecule has 3 amide bonds. The van der Waals surface area contributed by atoms with E-state index in [9.17, 15) is 42.3 Å². The molecule has 224 valence electrons. The molecule has 2 aliphatic heterocycles. The maximum absolute atomic E-state index is 14.6. The number of alkyl halides is 2. The van der Waals surface area contributed by atoms with Crippen LogP contribution in [0, 0.1) is 28.9 Å². The quantitative estimate of drug-likeness (QED) is 0.474. The van der Waals surface area contributed by atoms with E-state index in [1.807, 2.05) is 6.07 Å². The van der Waals surface area contributed by atoms with Crippen LogP contribution in [-0.2, 0) is 14.4 Å². The van der Waals surface area contributed by atoms with Gasteiger partial charge in [-0.25, -0.2) is 22.6 Å². The van der Waals surface area contributed by atoms with E-state index in [1.165, 1.54) is 36.5 Å². The number of nitrogens with one attached hydrogen (secondary N) is 1. The number of halogens is 5. The molecule has 3 aliphatic rings. The van der Waals surface area contributed by atoms with Crippen LogP contribution in [0.2, 0.25) is 5.02 Å². The Kier molecular flexibility index (Phi) is 8.27. The van der Waals surface area contributed by atoms with Crippen LogP contribution in [-0.4, -0.2) is 57.7 Å². The summed E-state index contributed by atoms with van der Waals surface area (Å²) < 4.78 is 56.3. The van der Waals surface area contributed by atoms with E-state index in [0.29, 0.717) is 6.07 Å². The van der Waals surface area contributed by atoms with Crippen molar-refractivity contribution in [1.82, 2.24) is 10.2 Å². The van der Waals surface area contributed by atoms with Crippen molar-refractivity contribution < 1.29 is 37.1 Å². The number of aliphatic imine (C=N–C) groups is 1. The molecule has 4 atom stereocenters. The van der Waals surface area contributed by atoms with E-state index in [-0.39, 0.29) is 22.8 Å². The number of amidine groups is 1. The number of carbonyl (C=O) groups excluding carboxylic acids is 3. The lowest BCUT2D eigenvalue weighted by molar-refractivity contribution is -0.135. The molecule has 0 radical (unpaired) electrons. The molecule has 43 heavy (non-hydrogen) atoms. The van der Waals surface area contributed by atoms with Gasteiger partial charge in [-0.3, -0.25) is 24.2 Å². The van der Waals surface area contributed by atoms with Crippen LogP contribution >= 0.6 is 11.6 Å². The van der Waals surface area contributed by atoms with Gasteiger partial charge in [-0.15, -0.1) is 0 Å². The van der Waals surface area contributed by atoms with Crippen LogP contribution in [0.25, 0.3) is 0 Å². The van der Waals surface area contributed by atoms with Crippen molar-refractivity contribution >= 4 is 40.8 Å². The van der Waals surface area contributed by atoms with Gasteiger partial charge < -0.3 is 10.4 Å². The molecule has 1 aliphatic carbocycles. The Bertz CT molecular complexity index is 1550. The third kappa shape index (κ3) is 6.11. The summed E-state index contributed by atoms with van der Waals surface area (Å²) in [6.07, 6.45) is -0.756. The Labute approximate surface area is 248 Å². The van der Waals surface area contributed by atoms with Crippen molar-refractivity contribution in [2.45, 2.75) is 55.8 Å². The largest absolute Gasteiger partial charge is 0.383 e. The second-order valence-electron chi connectivity index (χ2n) is 10.5. The average molecular weight is 618 g/mol. The molecule has 9 nitrogen and oxygen atoms in total. The maximum atomic E-state index is 14.6. The first-order valence-electron chi connectivity index (χ1n) is 13.2. The Morgan fingerprint density at radius 2 is 1.86 bits per heavy atom. The lowest BCUT2D eigenvalue weighted by atomic mass is 9.87. The molecule has 0 bridgehead atoms. The standard InChI is InChI=1S/C29H24ClF4N5O4/c30-21-4-2-1-3-20(21)25(26(41)37-18-12-29(33,34)13-18)38(19-9-16(31)8-17(32)10-19)27(42)22-11-23(40)28(43)39(22)24-7-15(14-35)5-6-36-24/h1-6,8-10,15,18,22-23,25,40H,7,11-13H2,(H,37,41)/t15?,22-,23+,25+/m0/s1. The minimum Gasteiger partial charge on any atom is -0.383 e. The van der Waals surface area contributed by atoms with E-state index in [4.69, 9.17) is 11.6 Å². The van der Waals surface area contributed by atoms with Gasteiger partial charge in [-0.2, -0.15) is 5.26 Å². The summed E-state index contributed by atoms with van der Waals surface area (Å²) >= 11 is 6.43. The molecule has 2 N–H and O–H groups in total. The monoisotopic (exact) mass is 617 g/mol. The van der Waals surface area contributed by atoms with E-state index in [2.05, 4.69) is 10.3 Å². The number of anilines is 1. The van der Waals surface area contributed by atoms with Crippen molar-refractivity contribution in [3.05, 3.63) is 77.0 Å². The number of hydrogen-bond donors (Lipinski definition) is 2. The zero-order valence-electron chi connectivity index (χ0n) is 22.3. The number of hydrogen-bond acceptors (Lipinski definition) is 6. The number of nitrogens with zero attached hydrogens (tertiary/aromatic N) is 4. The van der Waals surface area contributed by atoms with E-state index in [0.717, 1.165) is 21.9 Å².